The highest BCUT2D eigenvalue weighted by Gasteiger charge is 2.54. The second kappa shape index (κ2) is 7.46. The van der Waals surface area contributed by atoms with E-state index in [0.717, 1.165) is 47.9 Å². The molecule has 10 heteroatoms. The zero-order valence-electron chi connectivity index (χ0n) is 18.0. The topological polar surface area (TPSA) is 62.5 Å². The van der Waals surface area contributed by atoms with Gasteiger partial charge in [0.1, 0.15) is 5.82 Å². The zero-order chi connectivity index (χ0) is 23.7. The Morgan fingerprint density at radius 2 is 1.94 bits per heavy atom. The minimum Gasteiger partial charge on any atom is -0.359 e. The lowest BCUT2D eigenvalue weighted by Gasteiger charge is -2.59. The van der Waals surface area contributed by atoms with Crippen LogP contribution < -0.4 is 4.90 Å². The highest BCUT2D eigenvalue weighted by molar-refractivity contribution is 6.30. The summed E-state index contributed by atoms with van der Waals surface area (Å²) in [6.07, 6.45) is -1.35. The van der Waals surface area contributed by atoms with E-state index in [4.69, 9.17) is 16.1 Å². The van der Waals surface area contributed by atoms with E-state index in [1.807, 2.05) is 18.2 Å². The maximum absolute atomic E-state index is 13.2. The molecule has 6 rings (SSSR count). The lowest BCUT2D eigenvalue weighted by atomic mass is 9.56. The summed E-state index contributed by atoms with van der Waals surface area (Å²) >= 11 is 6.14. The van der Waals surface area contributed by atoms with Gasteiger partial charge in [0.05, 0.1) is 17.8 Å². The van der Waals surface area contributed by atoms with Gasteiger partial charge in [-0.1, -0.05) is 28.9 Å². The van der Waals surface area contributed by atoms with E-state index in [-0.39, 0.29) is 30.2 Å². The molecule has 0 bridgehead atoms. The van der Waals surface area contributed by atoms with Crippen LogP contribution in [0.15, 0.2) is 47.1 Å². The molecule has 0 radical (unpaired) electrons. The third-order valence-corrected chi connectivity index (χ3v) is 7.36. The molecule has 1 saturated carbocycles. The third-order valence-electron chi connectivity index (χ3n) is 7.12. The van der Waals surface area contributed by atoms with Crippen LogP contribution in [0.1, 0.15) is 35.8 Å². The van der Waals surface area contributed by atoms with Gasteiger partial charge in [-0.05, 0) is 48.2 Å². The SMILES string of the molecule is O=C(N1Cc2cc(Cl)ccc2-c2c(C3CC4(C3)CN(c3ccccn3)C4)noc2C1)C(F)(F)F. The largest absolute Gasteiger partial charge is 0.471 e. The van der Waals surface area contributed by atoms with Crippen LogP contribution in [0.4, 0.5) is 19.0 Å². The monoisotopic (exact) mass is 488 g/mol. The van der Waals surface area contributed by atoms with Crippen molar-refractivity contribution in [3.05, 3.63) is 64.6 Å². The Hall–Kier alpha value is -3.07. The molecule has 1 amide bonds. The van der Waals surface area contributed by atoms with Crippen LogP contribution >= 0.6 is 11.6 Å². The fourth-order valence-corrected chi connectivity index (χ4v) is 5.81. The Morgan fingerprint density at radius 1 is 1.15 bits per heavy atom. The molecule has 176 valence electrons. The highest BCUT2D eigenvalue weighted by atomic mass is 35.5. The molecule has 2 aromatic heterocycles. The number of rotatable bonds is 2. The molecule has 2 aliphatic heterocycles. The Kier molecular flexibility index (Phi) is 4.71. The van der Waals surface area contributed by atoms with Crippen LogP contribution in [0.3, 0.4) is 0 Å². The minimum absolute atomic E-state index is 0.145. The number of fused-ring (bicyclic) bond motifs is 3. The number of carbonyl (C=O) groups is 1. The molecule has 1 aromatic carbocycles. The van der Waals surface area contributed by atoms with Crippen molar-refractivity contribution in [2.24, 2.45) is 5.41 Å². The maximum Gasteiger partial charge on any atom is 0.471 e. The summed E-state index contributed by atoms with van der Waals surface area (Å²) in [5, 5.41) is 4.68. The summed E-state index contributed by atoms with van der Waals surface area (Å²) in [6.45, 7) is 1.34. The van der Waals surface area contributed by atoms with Crippen molar-refractivity contribution >= 4 is 23.3 Å². The number of alkyl halides is 3. The number of halogens is 4. The minimum atomic E-state index is -4.98. The van der Waals surface area contributed by atoms with Gasteiger partial charge >= 0.3 is 12.1 Å². The molecule has 3 aliphatic rings. The van der Waals surface area contributed by atoms with Crippen LogP contribution in [0.2, 0.25) is 5.02 Å². The molecule has 0 atom stereocenters. The number of amides is 1. The van der Waals surface area contributed by atoms with E-state index in [9.17, 15) is 18.0 Å². The van der Waals surface area contributed by atoms with Crippen molar-refractivity contribution in [2.45, 2.75) is 38.0 Å². The number of hydrogen-bond acceptors (Lipinski definition) is 5. The molecule has 0 unspecified atom stereocenters. The van der Waals surface area contributed by atoms with E-state index < -0.39 is 12.1 Å². The van der Waals surface area contributed by atoms with E-state index in [1.54, 1.807) is 24.4 Å². The van der Waals surface area contributed by atoms with Crippen LogP contribution in [0.5, 0.6) is 0 Å². The van der Waals surface area contributed by atoms with Crippen LogP contribution in [-0.4, -0.2) is 40.2 Å². The van der Waals surface area contributed by atoms with Gasteiger partial charge in [0.2, 0.25) is 0 Å². The first-order valence-corrected chi connectivity index (χ1v) is 11.4. The van der Waals surface area contributed by atoms with E-state index in [2.05, 4.69) is 15.0 Å². The average Bonchev–Trinajstić information content (AvgIpc) is 3.06. The van der Waals surface area contributed by atoms with Gasteiger partial charge in [0.15, 0.2) is 5.76 Å². The van der Waals surface area contributed by atoms with Gasteiger partial charge in [-0.3, -0.25) is 4.79 Å². The molecule has 2 fully saturated rings. The second-order valence-corrected chi connectivity index (χ2v) is 9.91. The fraction of sp³-hybridized carbons (Fsp3) is 0.375. The van der Waals surface area contributed by atoms with Crippen LogP contribution in [-0.2, 0) is 17.9 Å². The summed E-state index contributed by atoms with van der Waals surface area (Å²) in [5.41, 5.74) is 2.91. The van der Waals surface area contributed by atoms with Gasteiger partial charge in [-0.15, -0.1) is 0 Å². The number of aromatic nitrogens is 2. The molecule has 4 heterocycles. The van der Waals surface area contributed by atoms with Crippen molar-refractivity contribution in [3.8, 4) is 11.1 Å². The molecule has 6 nitrogen and oxygen atoms in total. The predicted molar refractivity (Wildman–Crippen MR) is 118 cm³/mol. The van der Waals surface area contributed by atoms with Crippen LogP contribution in [0.25, 0.3) is 11.1 Å². The molecular weight excluding hydrogens is 469 g/mol. The third kappa shape index (κ3) is 3.45. The molecule has 3 aromatic rings. The van der Waals surface area contributed by atoms with Crippen LogP contribution in [0, 0.1) is 5.41 Å². The maximum atomic E-state index is 13.2. The average molecular weight is 489 g/mol. The molecule has 0 N–H and O–H groups in total. The first-order chi connectivity index (χ1) is 16.2. The summed E-state index contributed by atoms with van der Waals surface area (Å²) in [5.74, 6) is -0.520. The zero-order valence-corrected chi connectivity index (χ0v) is 18.7. The normalized spacial score (nSPS) is 19.2. The van der Waals surface area contributed by atoms with Gasteiger partial charge in [0, 0.05) is 42.2 Å². The van der Waals surface area contributed by atoms with Gasteiger partial charge < -0.3 is 14.3 Å². The molecular formula is C24H20ClF3N4O2. The number of benzene rings is 1. The lowest BCUT2D eigenvalue weighted by Crippen LogP contribution is -2.62. The molecule has 1 aliphatic carbocycles. The lowest BCUT2D eigenvalue weighted by molar-refractivity contribution is -0.187. The quantitative estimate of drug-likeness (QED) is 0.497. The number of anilines is 1. The molecule has 34 heavy (non-hydrogen) atoms. The van der Waals surface area contributed by atoms with E-state index in [0.29, 0.717) is 16.1 Å². The summed E-state index contributed by atoms with van der Waals surface area (Å²) in [6, 6.07) is 10.9. The molecule has 1 saturated heterocycles. The Morgan fingerprint density at radius 3 is 2.65 bits per heavy atom. The van der Waals surface area contributed by atoms with Gasteiger partial charge in [-0.25, -0.2) is 4.98 Å². The smallest absolute Gasteiger partial charge is 0.359 e. The standard InChI is InChI=1S/C24H20ClF3N4O2/c25-16-4-5-17-14(7-16)10-31(22(33)24(26,27)28)11-18-20(17)21(30-34-18)15-8-23(9-15)12-32(13-23)19-3-1-2-6-29-19/h1-7,15H,8-13H2. The Labute approximate surface area is 198 Å². The highest BCUT2D eigenvalue weighted by Crippen LogP contribution is 2.58. The first kappa shape index (κ1) is 21.5. The predicted octanol–water partition coefficient (Wildman–Crippen LogP) is 5.18. The number of nitrogens with zero attached hydrogens (tertiary/aromatic N) is 4. The summed E-state index contributed by atoms with van der Waals surface area (Å²) < 4.78 is 45.2. The van der Waals surface area contributed by atoms with Crippen molar-refractivity contribution in [2.75, 3.05) is 18.0 Å². The first-order valence-electron chi connectivity index (χ1n) is 11.0. The number of hydrogen-bond donors (Lipinski definition) is 0. The Balaban J connectivity index is 1.27. The van der Waals surface area contributed by atoms with Crippen molar-refractivity contribution in [3.63, 3.8) is 0 Å². The summed E-state index contributed by atoms with van der Waals surface area (Å²) in [4.78, 5) is 19.5. The second-order valence-electron chi connectivity index (χ2n) is 9.48. The fourth-order valence-electron chi connectivity index (χ4n) is 5.61. The molecule has 1 spiro atoms. The van der Waals surface area contributed by atoms with Crippen molar-refractivity contribution < 1.29 is 22.5 Å². The van der Waals surface area contributed by atoms with E-state index >= 15 is 0 Å². The Bertz CT molecular complexity index is 1260. The van der Waals surface area contributed by atoms with Crippen molar-refractivity contribution in [1.29, 1.82) is 0 Å². The number of carbonyl (C=O) groups excluding carboxylic acids is 1. The number of pyridine rings is 1. The summed E-state index contributed by atoms with van der Waals surface area (Å²) in [7, 11) is 0. The van der Waals surface area contributed by atoms with E-state index in [1.165, 1.54) is 0 Å². The van der Waals surface area contributed by atoms with Crippen molar-refractivity contribution in [1.82, 2.24) is 15.0 Å². The van der Waals surface area contributed by atoms with Gasteiger partial charge in [-0.2, -0.15) is 13.2 Å². The van der Waals surface area contributed by atoms with Gasteiger partial charge in [0.25, 0.3) is 0 Å².